The normalized spacial score (nSPS) is 11.8. The van der Waals surface area contributed by atoms with E-state index in [0.717, 1.165) is 0 Å². The molecule has 23 heavy (non-hydrogen) atoms. The maximum Gasteiger partial charge on any atom is 0 e. The van der Waals surface area contributed by atoms with Crippen molar-refractivity contribution in [2.24, 2.45) is 0 Å². The van der Waals surface area contributed by atoms with Gasteiger partial charge in [0.1, 0.15) is 0 Å². The predicted octanol–water partition coefficient (Wildman–Crippen LogP) is 5.41. The molecule has 3 aromatic rings. The van der Waals surface area contributed by atoms with Crippen LogP contribution in [0.2, 0.25) is 0 Å². The quantitative estimate of drug-likeness (QED) is 0.352. The fourth-order valence-electron chi connectivity index (χ4n) is 2.83. The van der Waals surface area contributed by atoms with Crippen LogP contribution in [0, 0.1) is 0 Å². The molecule has 0 unspecified atom stereocenters. The first-order valence-electron chi connectivity index (χ1n) is 7.04. The van der Waals surface area contributed by atoms with Crippen LogP contribution in [0.4, 0.5) is 0 Å². The molecular weight excluding hydrogens is 455 g/mol. The summed E-state index contributed by atoms with van der Waals surface area (Å²) in [6.45, 7) is -2.41. The minimum absolute atomic E-state index is 0. The van der Waals surface area contributed by atoms with Crippen molar-refractivity contribution >= 4 is 51.7 Å². The molecule has 0 N–H and O–H groups in total. The maximum atomic E-state index is 6.70. The SMILES string of the molecule is ClP(Cl)[PH](c1ccccc1)(c1ccccc1)c1ccccc1.[Pd]. The van der Waals surface area contributed by atoms with Gasteiger partial charge in [0.15, 0.2) is 0 Å². The zero-order valence-corrected chi connectivity index (χ0v) is 17.1. The van der Waals surface area contributed by atoms with Crippen molar-refractivity contribution in [3.05, 3.63) is 91.0 Å². The van der Waals surface area contributed by atoms with Gasteiger partial charge in [0.05, 0.1) is 0 Å². The summed E-state index contributed by atoms with van der Waals surface area (Å²) < 4.78 is 0. The molecule has 0 nitrogen and oxygen atoms in total. The largest absolute Gasteiger partial charge is 0 e. The molecule has 0 spiro atoms. The molecule has 3 aromatic carbocycles. The number of rotatable bonds is 4. The molecule has 5 heteroatoms. The second-order valence-corrected chi connectivity index (χ2v) is 16.3. The average molecular weight is 472 g/mol. The van der Waals surface area contributed by atoms with E-state index in [1.54, 1.807) is 0 Å². The number of benzene rings is 3. The van der Waals surface area contributed by atoms with Gasteiger partial charge in [0.2, 0.25) is 0 Å². The molecule has 0 fully saturated rings. The van der Waals surface area contributed by atoms with Gasteiger partial charge in [-0.2, -0.15) is 0 Å². The van der Waals surface area contributed by atoms with Crippen molar-refractivity contribution < 1.29 is 20.4 Å². The van der Waals surface area contributed by atoms with E-state index in [1.807, 2.05) is 18.2 Å². The fourth-order valence-corrected chi connectivity index (χ4v) is 14.8. The van der Waals surface area contributed by atoms with E-state index in [2.05, 4.69) is 72.8 Å². The summed E-state index contributed by atoms with van der Waals surface area (Å²) in [5, 5.41) is 3.76. The first-order valence-corrected chi connectivity index (χ1v) is 13.0. The van der Waals surface area contributed by atoms with Crippen molar-refractivity contribution in [2.75, 3.05) is 0 Å². The van der Waals surface area contributed by atoms with Gasteiger partial charge in [-0.15, -0.1) is 0 Å². The van der Waals surface area contributed by atoms with Crippen LogP contribution in [0.1, 0.15) is 0 Å². The number of hydrogen-bond acceptors (Lipinski definition) is 0. The fraction of sp³-hybridized carbons (Fsp3) is 0. The Balaban J connectivity index is 0.00000192. The Morgan fingerprint density at radius 1 is 0.522 bits per heavy atom. The molecule has 0 aliphatic rings. The molecule has 0 saturated carbocycles. The zero-order chi connectivity index (χ0) is 15.4. The standard InChI is InChI=1S/C18H16Cl2P2.Pd/c19-21(20)22(16-10-4-1-5-11-16,17-12-6-2-7-13-17)18-14-8-3-9-15-18;/h1-15,22H;. The summed E-state index contributed by atoms with van der Waals surface area (Å²) in [4.78, 5) is 0. The van der Waals surface area contributed by atoms with Crippen molar-refractivity contribution in [2.45, 2.75) is 0 Å². The van der Waals surface area contributed by atoms with E-state index in [4.69, 9.17) is 22.5 Å². The minimum atomic E-state index is -2.41. The summed E-state index contributed by atoms with van der Waals surface area (Å²) in [5.41, 5.74) is 0. The van der Waals surface area contributed by atoms with Gasteiger partial charge in [0.25, 0.3) is 0 Å². The van der Waals surface area contributed by atoms with Gasteiger partial charge in [-0.25, -0.2) is 0 Å². The molecule has 0 aliphatic heterocycles. The van der Waals surface area contributed by atoms with Crippen LogP contribution in [0.15, 0.2) is 91.0 Å². The first-order chi connectivity index (χ1) is 10.8. The van der Waals surface area contributed by atoms with Crippen LogP contribution in [0.3, 0.4) is 0 Å². The summed E-state index contributed by atoms with van der Waals surface area (Å²) >= 11 is 13.4. The van der Waals surface area contributed by atoms with E-state index in [9.17, 15) is 0 Å². The van der Waals surface area contributed by atoms with Gasteiger partial charge < -0.3 is 0 Å². The Morgan fingerprint density at radius 3 is 1.00 bits per heavy atom. The van der Waals surface area contributed by atoms with Crippen LogP contribution >= 0.6 is 35.7 Å². The first kappa shape index (κ1) is 19.1. The topological polar surface area (TPSA) is 0 Å². The van der Waals surface area contributed by atoms with Gasteiger partial charge >= 0.3 is 143 Å². The summed E-state index contributed by atoms with van der Waals surface area (Å²) in [6.07, 6.45) is -1.19. The van der Waals surface area contributed by atoms with E-state index in [1.165, 1.54) is 15.9 Å². The molecular formula is C18H16Cl2P2Pd. The van der Waals surface area contributed by atoms with Crippen LogP contribution in [-0.4, -0.2) is 0 Å². The molecule has 0 aromatic heterocycles. The number of halogens is 2. The molecule has 0 atom stereocenters. The van der Waals surface area contributed by atoms with E-state index < -0.39 is 13.3 Å². The second kappa shape index (κ2) is 8.74. The van der Waals surface area contributed by atoms with E-state index in [-0.39, 0.29) is 20.4 Å². The maximum absolute atomic E-state index is 6.70. The van der Waals surface area contributed by atoms with Gasteiger partial charge in [-0.1, -0.05) is 0 Å². The zero-order valence-electron chi connectivity index (χ0n) is 12.2. The van der Waals surface area contributed by atoms with Crippen LogP contribution in [0.25, 0.3) is 0 Å². The molecule has 122 valence electrons. The molecule has 0 bridgehead atoms. The third-order valence-corrected chi connectivity index (χ3v) is 16.3. The minimum Gasteiger partial charge on any atom is 0 e. The Hall–Kier alpha value is -0.238. The summed E-state index contributed by atoms with van der Waals surface area (Å²) in [5.74, 6) is 0. The van der Waals surface area contributed by atoms with Crippen molar-refractivity contribution in [3.8, 4) is 0 Å². The van der Waals surface area contributed by atoms with Gasteiger partial charge in [0, 0.05) is 20.4 Å². The average Bonchev–Trinajstić information content (AvgIpc) is 2.58. The second-order valence-electron chi connectivity index (χ2n) is 5.04. The Bertz CT molecular complexity index is 625. The molecule has 0 heterocycles. The molecule has 3 rings (SSSR count). The Morgan fingerprint density at radius 2 is 0.783 bits per heavy atom. The Labute approximate surface area is 162 Å². The number of hydrogen-bond donors (Lipinski definition) is 0. The van der Waals surface area contributed by atoms with Gasteiger partial charge in [-0.05, 0) is 0 Å². The summed E-state index contributed by atoms with van der Waals surface area (Å²) in [7, 11) is 0. The van der Waals surface area contributed by atoms with Crippen LogP contribution in [-0.2, 0) is 20.4 Å². The van der Waals surface area contributed by atoms with Crippen molar-refractivity contribution in [1.29, 1.82) is 0 Å². The molecule has 0 saturated heterocycles. The van der Waals surface area contributed by atoms with Crippen LogP contribution < -0.4 is 15.9 Å². The van der Waals surface area contributed by atoms with Crippen molar-refractivity contribution in [1.82, 2.24) is 0 Å². The molecule has 0 radical (unpaired) electrons. The third-order valence-electron chi connectivity index (χ3n) is 3.83. The smallest absolute Gasteiger partial charge is 0 e. The van der Waals surface area contributed by atoms with Crippen molar-refractivity contribution in [3.63, 3.8) is 0 Å². The molecule has 0 aliphatic carbocycles. The monoisotopic (exact) mass is 470 g/mol. The van der Waals surface area contributed by atoms with E-state index in [0.29, 0.717) is 0 Å². The summed E-state index contributed by atoms with van der Waals surface area (Å²) in [6, 6.07) is 31.4. The van der Waals surface area contributed by atoms with E-state index >= 15 is 0 Å². The van der Waals surface area contributed by atoms with Gasteiger partial charge in [-0.3, -0.25) is 0 Å². The molecule has 0 amide bonds. The van der Waals surface area contributed by atoms with Crippen LogP contribution in [0.5, 0.6) is 0 Å². The predicted molar refractivity (Wildman–Crippen MR) is 105 cm³/mol. The third kappa shape index (κ3) is 3.73. The Kier molecular flexibility index (Phi) is 7.25.